The third-order valence-corrected chi connectivity index (χ3v) is 7.94. The molecule has 0 aliphatic carbocycles. The maximum atomic E-state index is 13.6. The maximum absolute atomic E-state index is 13.6. The minimum atomic E-state index is -0.777. The van der Waals surface area contributed by atoms with Crippen LogP contribution in [-0.4, -0.2) is 106 Å². The van der Waals surface area contributed by atoms with Crippen LogP contribution in [0.25, 0.3) is 0 Å². The summed E-state index contributed by atoms with van der Waals surface area (Å²) in [4.78, 5) is 33.1. The van der Waals surface area contributed by atoms with E-state index in [0.717, 1.165) is 43.9 Å². The number of terminal acetylenes is 1. The molecule has 8 heteroatoms. The Hall–Kier alpha value is -3.64. The van der Waals surface area contributed by atoms with E-state index >= 15 is 0 Å². The molecule has 0 bridgehead atoms. The van der Waals surface area contributed by atoms with Crippen molar-refractivity contribution in [1.82, 2.24) is 19.6 Å². The maximum Gasteiger partial charge on any atom is 0.303 e. The van der Waals surface area contributed by atoms with Crippen LogP contribution in [0, 0.1) is 12.3 Å². The van der Waals surface area contributed by atoms with Gasteiger partial charge in [0.2, 0.25) is 0 Å². The molecule has 2 aromatic rings. The predicted octanol–water partition coefficient (Wildman–Crippen LogP) is 3.30. The number of amides is 1. The van der Waals surface area contributed by atoms with Crippen LogP contribution >= 0.6 is 0 Å². The molecular weight excluding hydrogens is 504 g/mol. The summed E-state index contributed by atoms with van der Waals surface area (Å²) >= 11 is 0. The highest BCUT2D eigenvalue weighted by atomic mass is 16.4. The average Bonchev–Trinajstić information content (AvgIpc) is 2.94. The Morgan fingerprint density at radius 1 is 1.10 bits per heavy atom. The van der Waals surface area contributed by atoms with Crippen molar-refractivity contribution < 1.29 is 19.8 Å². The third-order valence-electron chi connectivity index (χ3n) is 7.94. The van der Waals surface area contributed by atoms with Gasteiger partial charge in [-0.2, -0.15) is 0 Å². The number of carbonyl (C=O) groups is 2. The van der Waals surface area contributed by atoms with Gasteiger partial charge in [0.25, 0.3) is 5.91 Å². The quantitative estimate of drug-likeness (QED) is 0.351. The van der Waals surface area contributed by atoms with Crippen molar-refractivity contribution in [3.63, 3.8) is 0 Å². The average molecular weight is 545 g/mol. The Kier molecular flexibility index (Phi) is 9.99. The number of hydrogen-bond donors (Lipinski definition) is 2. The van der Waals surface area contributed by atoms with Gasteiger partial charge in [-0.05, 0) is 55.3 Å². The lowest BCUT2D eigenvalue weighted by molar-refractivity contribution is -0.137. The number of carboxylic acid groups (broad SMARTS) is 1. The molecule has 2 fully saturated rings. The van der Waals surface area contributed by atoms with Crippen molar-refractivity contribution in [3.05, 3.63) is 77.9 Å². The molecule has 1 unspecified atom stereocenters. The Morgan fingerprint density at radius 2 is 1.80 bits per heavy atom. The zero-order valence-corrected chi connectivity index (χ0v) is 23.3. The third kappa shape index (κ3) is 7.11. The molecule has 2 saturated heterocycles. The second-order valence-electron chi connectivity index (χ2n) is 10.7. The second kappa shape index (κ2) is 13.6. The summed E-state index contributed by atoms with van der Waals surface area (Å²) in [7, 11) is 0. The Labute approximate surface area is 237 Å². The van der Waals surface area contributed by atoms with Crippen molar-refractivity contribution in [1.29, 1.82) is 0 Å². The molecule has 4 rings (SSSR count). The summed E-state index contributed by atoms with van der Waals surface area (Å²) in [5.41, 5.74) is 2.55. The Balaban J connectivity index is 1.56. The summed E-state index contributed by atoms with van der Waals surface area (Å²) in [6, 6.07) is 15.0. The molecule has 212 valence electrons. The van der Waals surface area contributed by atoms with E-state index in [1.165, 1.54) is 0 Å². The number of nitrogens with zero attached hydrogens (tertiary/aromatic N) is 4. The fourth-order valence-electron chi connectivity index (χ4n) is 5.88. The lowest BCUT2D eigenvalue weighted by Crippen LogP contribution is -2.57. The predicted molar refractivity (Wildman–Crippen MR) is 156 cm³/mol. The lowest BCUT2D eigenvalue weighted by atomic mass is 9.92. The summed E-state index contributed by atoms with van der Waals surface area (Å²) < 4.78 is 0. The van der Waals surface area contributed by atoms with Gasteiger partial charge in [-0.25, -0.2) is 0 Å². The minimum absolute atomic E-state index is 0.00736. The molecule has 0 aromatic heterocycles. The molecule has 2 aliphatic heterocycles. The molecule has 2 heterocycles. The van der Waals surface area contributed by atoms with Gasteiger partial charge in [0, 0.05) is 63.8 Å². The fourth-order valence-corrected chi connectivity index (χ4v) is 5.88. The van der Waals surface area contributed by atoms with Crippen LogP contribution in [0.4, 0.5) is 0 Å². The number of aromatic hydroxyl groups is 1. The van der Waals surface area contributed by atoms with E-state index in [9.17, 15) is 14.7 Å². The van der Waals surface area contributed by atoms with Gasteiger partial charge in [0.05, 0.1) is 12.1 Å². The number of hydrogen-bond acceptors (Lipinski definition) is 6. The lowest BCUT2D eigenvalue weighted by Gasteiger charge is -2.47. The number of rotatable bonds is 10. The number of carboxylic acids is 1. The van der Waals surface area contributed by atoms with Gasteiger partial charge in [-0.15, -0.1) is 13.0 Å². The molecule has 2 aromatic carbocycles. The normalized spacial score (nSPS) is 21.4. The Morgan fingerprint density at radius 3 is 2.45 bits per heavy atom. The van der Waals surface area contributed by atoms with Gasteiger partial charge in [-0.1, -0.05) is 36.3 Å². The molecule has 3 atom stereocenters. The molecule has 40 heavy (non-hydrogen) atoms. The summed E-state index contributed by atoms with van der Waals surface area (Å²) in [6.45, 7) is 11.6. The van der Waals surface area contributed by atoms with E-state index in [0.29, 0.717) is 31.6 Å². The zero-order chi connectivity index (χ0) is 28.6. The highest BCUT2D eigenvalue weighted by Gasteiger charge is 2.36. The second-order valence-corrected chi connectivity index (χ2v) is 10.7. The van der Waals surface area contributed by atoms with E-state index in [1.807, 2.05) is 47.4 Å². The van der Waals surface area contributed by atoms with E-state index in [1.54, 1.807) is 12.1 Å². The van der Waals surface area contributed by atoms with E-state index in [4.69, 9.17) is 11.5 Å². The van der Waals surface area contributed by atoms with Crippen molar-refractivity contribution in [2.75, 3.05) is 52.4 Å². The monoisotopic (exact) mass is 544 g/mol. The highest BCUT2D eigenvalue weighted by molar-refractivity contribution is 5.94. The number of phenolic OH excluding ortho intramolecular Hbond substituents is 1. The highest BCUT2D eigenvalue weighted by Crippen LogP contribution is 2.35. The van der Waals surface area contributed by atoms with Gasteiger partial charge >= 0.3 is 5.97 Å². The molecule has 0 saturated carbocycles. The van der Waals surface area contributed by atoms with Crippen molar-refractivity contribution in [2.24, 2.45) is 0 Å². The van der Waals surface area contributed by atoms with E-state index in [2.05, 4.69) is 34.1 Å². The SMILES string of the molecule is C#C[C@@H]1CN([C@@H](c2cccc(O)c2)c2cccc(C(=O)N3CCN(CCCC(=O)O)CC3)c2)C(C)CN1CC=C. The van der Waals surface area contributed by atoms with Crippen molar-refractivity contribution in [3.8, 4) is 18.1 Å². The van der Waals surface area contributed by atoms with Gasteiger partial charge in [0.15, 0.2) is 0 Å². The first-order valence-electron chi connectivity index (χ1n) is 14.0. The molecule has 8 nitrogen and oxygen atoms in total. The first-order chi connectivity index (χ1) is 19.3. The minimum Gasteiger partial charge on any atom is -0.508 e. The number of phenols is 1. The topological polar surface area (TPSA) is 87.6 Å². The molecule has 2 N–H and O–H groups in total. The zero-order valence-electron chi connectivity index (χ0n) is 23.3. The molecule has 1 amide bonds. The van der Waals surface area contributed by atoms with Gasteiger partial charge in [-0.3, -0.25) is 24.3 Å². The van der Waals surface area contributed by atoms with Crippen LogP contribution in [0.1, 0.15) is 47.3 Å². The van der Waals surface area contributed by atoms with Crippen molar-refractivity contribution >= 4 is 11.9 Å². The van der Waals surface area contributed by atoms with E-state index in [-0.39, 0.29) is 36.2 Å². The van der Waals surface area contributed by atoms with Crippen LogP contribution in [0.2, 0.25) is 0 Å². The standard InChI is InChI=1S/C32H40N4O4/c1-4-14-35-22-24(3)36(23-28(35)5-2)31(26-10-7-12-29(37)21-26)25-9-6-11-27(20-25)32(40)34-18-16-33(17-19-34)15-8-13-30(38)39/h2,4,6-7,9-12,20-21,24,28,31,37H,1,8,13-19,22-23H2,3H3,(H,38,39)/t24?,28-,31-/m1/s1. The van der Waals surface area contributed by atoms with Crippen LogP contribution in [0.5, 0.6) is 5.75 Å². The number of carbonyl (C=O) groups excluding carboxylic acids is 1. The summed E-state index contributed by atoms with van der Waals surface area (Å²) in [5.74, 6) is 2.36. The Bertz CT molecular complexity index is 1230. The van der Waals surface area contributed by atoms with Crippen LogP contribution in [0.15, 0.2) is 61.2 Å². The molecule has 0 spiro atoms. The fraction of sp³-hybridized carbons (Fsp3) is 0.438. The molecular formula is C32H40N4O4. The molecule has 2 aliphatic rings. The first-order valence-corrected chi connectivity index (χ1v) is 14.0. The smallest absolute Gasteiger partial charge is 0.303 e. The number of piperazine rings is 2. The van der Waals surface area contributed by atoms with Crippen LogP contribution < -0.4 is 0 Å². The van der Waals surface area contributed by atoms with Gasteiger partial charge < -0.3 is 15.1 Å². The molecule has 0 radical (unpaired) electrons. The largest absolute Gasteiger partial charge is 0.508 e. The van der Waals surface area contributed by atoms with Crippen LogP contribution in [0.3, 0.4) is 0 Å². The summed E-state index contributed by atoms with van der Waals surface area (Å²) in [6.07, 6.45) is 8.61. The van der Waals surface area contributed by atoms with Gasteiger partial charge in [0.1, 0.15) is 5.75 Å². The number of benzene rings is 2. The van der Waals surface area contributed by atoms with E-state index < -0.39 is 5.97 Å². The number of aliphatic carboxylic acids is 1. The van der Waals surface area contributed by atoms with Crippen molar-refractivity contribution in [2.45, 2.75) is 37.9 Å². The first kappa shape index (κ1) is 29.3. The van der Waals surface area contributed by atoms with Crippen LogP contribution in [-0.2, 0) is 4.79 Å². The summed E-state index contributed by atoms with van der Waals surface area (Å²) in [5, 5.41) is 19.2.